The lowest BCUT2D eigenvalue weighted by atomic mass is 9.90. The summed E-state index contributed by atoms with van der Waals surface area (Å²) in [5.74, 6) is 1.44. The molecule has 0 saturated carbocycles. The third-order valence-electron chi connectivity index (χ3n) is 12.1. The normalized spacial score (nSPS) is 16.9. The van der Waals surface area contributed by atoms with Crippen LogP contribution in [0.25, 0.3) is 21.8 Å². The van der Waals surface area contributed by atoms with E-state index < -0.39 is 12.1 Å². The van der Waals surface area contributed by atoms with E-state index in [-0.39, 0.29) is 17.6 Å². The molecule has 0 spiro atoms. The molecular weight excluding hydrogens is 669 g/mol. The van der Waals surface area contributed by atoms with Crippen molar-refractivity contribution in [1.29, 1.82) is 0 Å². The van der Waals surface area contributed by atoms with Crippen molar-refractivity contribution in [3.05, 3.63) is 144 Å². The summed E-state index contributed by atoms with van der Waals surface area (Å²) >= 11 is 0. The number of aromatic nitrogens is 2. The Balaban J connectivity index is 0.888. The van der Waals surface area contributed by atoms with Gasteiger partial charge < -0.3 is 18.9 Å². The average molecular weight is 719 g/mol. The van der Waals surface area contributed by atoms with Gasteiger partial charge >= 0.3 is 0 Å². The van der Waals surface area contributed by atoms with E-state index in [0.717, 1.165) is 86.5 Å². The largest absolute Gasteiger partial charge is 0.339 e. The third-order valence-corrected chi connectivity index (χ3v) is 12.1. The second kappa shape index (κ2) is 15.5. The molecule has 6 aromatic rings. The van der Waals surface area contributed by atoms with Crippen molar-refractivity contribution in [2.45, 2.75) is 64.5 Å². The highest BCUT2D eigenvalue weighted by Gasteiger charge is 2.28. The second-order valence-corrected chi connectivity index (χ2v) is 15.6. The molecule has 2 amide bonds. The van der Waals surface area contributed by atoms with Gasteiger partial charge in [0.05, 0.1) is 12.1 Å². The predicted molar refractivity (Wildman–Crippen MR) is 216 cm³/mol. The van der Waals surface area contributed by atoms with Gasteiger partial charge in [0, 0.05) is 71.5 Å². The number of amides is 2. The molecule has 4 aromatic carbocycles. The fraction of sp³-hybridized carbons (Fsp3) is 0.340. The number of hydrogen-bond donors (Lipinski definition) is 0. The van der Waals surface area contributed by atoms with Crippen LogP contribution in [-0.4, -0.2) is 62.7 Å². The van der Waals surface area contributed by atoms with Crippen LogP contribution in [0.5, 0.6) is 0 Å². The standard InChI is InChI=1S/C47H50N4O3/c1-33(50-27-21-39-31-41(13-15-43(39)50)46(53)48-23-17-37(18-24-48)29-35-9-5-3-6-10-35)45(52)34(2)51-28-22-40-32-42(14-16-44(40)51)47(54)49-25-19-38(20-26-49)30-36-11-7-4-8-12-36/h3-16,21-22,27-28,31-34,37-38H,17-20,23-26,29-30H2,1-2H3. The van der Waals surface area contributed by atoms with Crippen LogP contribution in [-0.2, 0) is 17.6 Å². The molecule has 0 N–H and O–H groups in total. The number of ketones is 1. The first-order valence-corrected chi connectivity index (χ1v) is 19.7. The lowest BCUT2D eigenvalue weighted by Gasteiger charge is -2.32. The zero-order valence-corrected chi connectivity index (χ0v) is 31.4. The Morgan fingerprint density at radius 2 is 0.926 bits per heavy atom. The number of rotatable bonds is 10. The Bertz CT molecular complexity index is 2100. The molecule has 0 radical (unpaired) electrons. The van der Waals surface area contributed by atoms with Gasteiger partial charge in [-0.1, -0.05) is 60.7 Å². The molecule has 2 fully saturated rings. The monoisotopic (exact) mass is 718 g/mol. The second-order valence-electron chi connectivity index (χ2n) is 15.6. The molecule has 54 heavy (non-hydrogen) atoms. The molecule has 2 aliphatic rings. The van der Waals surface area contributed by atoms with Crippen molar-refractivity contribution >= 4 is 39.4 Å². The molecule has 0 bridgehead atoms. The van der Waals surface area contributed by atoms with Gasteiger partial charge in [-0.15, -0.1) is 0 Å². The first-order chi connectivity index (χ1) is 26.3. The number of nitrogens with zero attached hydrogens (tertiary/aromatic N) is 4. The van der Waals surface area contributed by atoms with Crippen molar-refractivity contribution in [3.63, 3.8) is 0 Å². The summed E-state index contributed by atoms with van der Waals surface area (Å²) in [6.45, 7) is 7.00. The first-order valence-electron chi connectivity index (χ1n) is 19.7. The van der Waals surface area contributed by atoms with Crippen LogP contribution >= 0.6 is 0 Å². The van der Waals surface area contributed by atoms with Crippen LogP contribution in [0, 0.1) is 11.8 Å². The van der Waals surface area contributed by atoms with Gasteiger partial charge in [-0.05, 0) is 124 Å². The minimum atomic E-state index is -0.411. The van der Waals surface area contributed by atoms with E-state index in [1.54, 1.807) is 0 Å². The van der Waals surface area contributed by atoms with Crippen LogP contribution in [0.4, 0.5) is 0 Å². The van der Waals surface area contributed by atoms with Crippen LogP contribution in [0.2, 0.25) is 0 Å². The van der Waals surface area contributed by atoms with E-state index in [1.165, 1.54) is 11.1 Å². The van der Waals surface area contributed by atoms with E-state index in [1.807, 2.05) is 93.7 Å². The first kappa shape index (κ1) is 35.6. The van der Waals surface area contributed by atoms with Gasteiger partial charge in [0.2, 0.25) is 0 Å². The molecule has 8 rings (SSSR count). The average Bonchev–Trinajstić information content (AvgIpc) is 3.85. The molecule has 2 atom stereocenters. The molecule has 2 aromatic heterocycles. The summed E-state index contributed by atoms with van der Waals surface area (Å²) < 4.78 is 4.03. The Kier molecular flexibility index (Phi) is 10.2. The number of benzene rings is 4. The number of Topliss-reactive ketones (excluding diaryl/α,β-unsaturated/α-hetero) is 1. The topological polar surface area (TPSA) is 67.5 Å². The maximum Gasteiger partial charge on any atom is 0.253 e. The third kappa shape index (κ3) is 7.37. The highest BCUT2D eigenvalue weighted by atomic mass is 16.2. The van der Waals surface area contributed by atoms with E-state index in [0.29, 0.717) is 23.0 Å². The highest BCUT2D eigenvalue weighted by molar-refractivity contribution is 6.00. The zero-order chi connectivity index (χ0) is 37.2. The van der Waals surface area contributed by atoms with Crippen molar-refractivity contribution in [2.75, 3.05) is 26.2 Å². The summed E-state index contributed by atoms with van der Waals surface area (Å²) in [6.07, 6.45) is 10.1. The van der Waals surface area contributed by atoms with Crippen LogP contribution in [0.15, 0.2) is 122 Å². The Labute approximate surface area is 318 Å². The summed E-state index contributed by atoms with van der Waals surface area (Å²) in [4.78, 5) is 45.1. The van der Waals surface area contributed by atoms with Crippen molar-refractivity contribution in [1.82, 2.24) is 18.9 Å². The number of piperidine rings is 2. The smallest absolute Gasteiger partial charge is 0.253 e. The maximum absolute atomic E-state index is 14.0. The summed E-state index contributed by atoms with van der Waals surface area (Å²) in [5.41, 5.74) is 5.99. The molecule has 7 heteroatoms. The Hall–Kier alpha value is -5.43. The number of hydrogen-bond acceptors (Lipinski definition) is 3. The van der Waals surface area contributed by atoms with Crippen LogP contribution in [0.1, 0.15) is 83.5 Å². The van der Waals surface area contributed by atoms with E-state index in [9.17, 15) is 14.4 Å². The van der Waals surface area contributed by atoms with Gasteiger partial charge in [-0.2, -0.15) is 0 Å². The molecule has 2 aliphatic heterocycles. The number of carbonyl (C=O) groups is 3. The Morgan fingerprint density at radius 3 is 1.31 bits per heavy atom. The highest BCUT2D eigenvalue weighted by Crippen LogP contribution is 2.30. The van der Waals surface area contributed by atoms with Crippen LogP contribution in [0.3, 0.4) is 0 Å². The van der Waals surface area contributed by atoms with Gasteiger partial charge in [0.1, 0.15) is 0 Å². The molecule has 2 unspecified atom stereocenters. The maximum atomic E-state index is 14.0. The fourth-order valence-electron chi connectivity index (χ4n) is 8.83. The molecule has 2 saturated heterocycles. The van der Waals surface area contributed by atoms with E-state index in [2.05, 4.69) is 60.7 Å². The quantitative estimate of drug-likeness (QED) is 0.142. The molecule has 276 valence electrons. The fourth-order valence-corrected chi connectivity index (χ4v) is 8.83. The molecule has 7 nitrogen and oxygen atoms in total. The van der Waals surface area contributed by atoms with Crippen molar-refractivity contribution in [3.8, 4) is 0 Å². The molecular formula is C47H50N4O3. The summed E-state index contributed by atoms with van der Waals surface area (Å²) in [7, 11) is 0. The van der Waals surface area contributed by atoms with Gasteiger partial charge in [-0.3, -0.25) is 14.4 Å². The minimum absolute atomic E-state index is 0.0771. The molecule has 0 aliphatic carbocycles. The minimum Gasteiger partial charge on any atom is -0.339 e. The zero-order valence-electron chi connectivity index (χ0n) is 31.4. The van der Waals surface area contributed by atoms with E-state index in [4.69, 9.17) is 0 Å². The number of likely N-dealkylation sites (tertiary alicyclic amines) is 2. The SMILES string of the molecule is CC(C(=O)C(C)n1ccc2cc(C(=O)N3CCC(Cc4ccccc4)CC3)ccc21)n1ccc2cc(C(=O)N3CCC(Cc4ccccc4)CC3)ccc21. The predicted octanol–water partition coefficient (Wildman–Crippen LogP) is 9.18. The Morgan fingerprint density at radius 1 is 0.537 bits per heavy atom. The number of fused-ring (bicyclic) bond motifs is 2. The van der Waals surface area contributed by atoms with Gasteiger partial charge in [-0.25, -0.2) is 0 Å². The summed E-state index contributed by atoms with van der Waals surface area (Å²) in [5, 5.41) is 1.91. The molecule has 4 heterocycles. The van der Waals surface area contributed by atoms with Crippen LogP contribution < -0.4 is 0 Å². The lowest BCUT2D eigenvalue weighted by molar-refractivity contribution is -0.124. The van der Waals surface area contributed by atoms with Crippen molar-refractivity contribution in [2.24, 2.45) is 11.8 Å². The van der Waals surface area contributed by atoms with Gasteiger partial charge in [0.15, 0.2) is 5.78 Å². The lowest BCUT2D eigenvalue weighted by Crippen LogP contribution is -2.38. The van der Waals surface area contributed by atoms with E-state index >= 15 is 0 Å². The van der Waals surface area contributed by atoms with Gasteiger partial charge in [0.25, 0.3) is 11.8 Å². The number of carbonyl (C=O) groups excluding carboxylic acids is 3. The summed E-state index contributed by atoms with van der Waals surface area (Å²) in [6, 6.07) is 36.1. The van der Waals surface area contributed by atoms with Crippen molar-refractivity contribution < 1.29 is 14.4 Å².